The van der Waals surface area contributed by atoms with Crippen LogP contribution >= 0.6 is 0 Å². The third-order valence-corrected chi connectivity index (χ3v) is 5.17. The summed E-state index contributed by atoms with van der Waals surface area (Å²) in [5, 5.41) is 26.8. The van der Waals surface area contributed by atoms with Gasteiger partial charge in [-0.15, -0.1) is 0 Å². The van der Waals surface area contributed by atoms with Gasteiger partial charge in [-0.2, -0.15) is 10.1 Å². The highest BCUT2D eigenvalue weighted by atomic mass is 16.6. The van der Waals surface area contributed by atoms with Crippen LogP contribution in [0.25, 0.3) is 17.4 Å². The number of amides is 1. The second-order valence-corrected chi connectivity index (χ2v) is 7.29. The molecule has 1 aliphatic heterocycles. The van der Waals surface area contributed by atoms with Crippen molar-refractivity contribution in [3.05, 3.63) is 81.1 Å². The van der Waals surface area contributed by atoms with Gasteiger partial charge in [-0.1, -0.05) is 6.07 Å². The van der Waals surface area contributed by atoms with Crippen LogP contribution < -0.4 is 5.01 Å². The van der Waals surface area contributed by atoms with Crippen molar-refractivity contribution in [3.8, 4) is 17.1 Å². The zero-order valence-corrected chi connectivity index (χ0v) is 17.1. The van der Waals surface area contributed by atoms with E-state index in [0.717, 1.165) is 11.1 Å². The van der Waals surface area contributed by atoms with E-state index in [1.54, 1.807) is 25.1 Å². The van der Waals surface area contributed by atoms with Gasteiger partial charge in [0.1, 0.15) is 17.3 Å². The van der Waals surface area contributed by atoms with Gasteiger partial charge in [0.2, 0.25) is 0 Å². The summed E-state index contributed by atoms with van der Waals surface area (Å²) in [7, 11) is 0. The molecule has 3 aromatic rings. The number of anilines is 1. The van der Waals surface area contributed by atoms with Gasteiger partial charge in [-0.3, -0.25) is 14.9 Å². The van der Waals surface area contributed by atoms with E-state index in [0.29, 0.717) is 22.7 Å². The predicted octanol–water partition coefficient (Wildman–Crippen LogP) is 4.98. The first kappa shape index (κ1) is 20.1. The molecule has 1 aliphatic rings. The van der Waals surface area contributed by atoms with Gasteiger partial charge in [0, 0.05) is 12.1 Å². The Morgan fingerprint density at radius 2 is 1.84 bits per heavy atom. The van der Waals surface area contributed by atoms with Gasteiger partial charge >= 0.3 is 0 Å². The molecule has 2 aromatic carbocycles. The van der Waals surface area contributed by atoms with Crippen LogP contribution in [-0.2, 0) is 4.79 Å². The first-order valence-electron chi connectivity index (χ1n) is 9.51. The van der Waals surface area contributed by atoms with Gasteiger partial charge in [-0.05, 0) is 68.3 Å². The molecule has 1 N–H and O–H groups in total. The van der Waals surface area contributed by atoms with Crippen molar-refractivity contribution in [2.45, 2.75) is 20.8 Å². The molecule has 0 fully saturated rings. The minimum absolute atomic E-state index is 0.144. The molecule has 2 heterocycles. The van der Waals surface area contributed by atoms with E-state index in [4.69, 9.17) is 4.42 Å². The van der Waals surface area contributed by atoms with Gasteiger partial charge < -0.3 is 9.52 Å². The van der Waals surface area contributed by atoms with E-state index in [1.807, 2.05) is 32.0 Å². The van der Waals surface area contributed by atoms with Crippen molar-refractivity contribution >= 4 is 29.1 Å². The molecule has 0 atom stereocenters. The van der Waals surface area contributed by atoms with Crippen molar-refractivity contribution in [2.75, 3.05) is 5.01 Å². The quantitative estimate of drug-likeness (QED) is 0.366. The number of hydrazone groups is 1. The van der Waals surface area contributed by atoms with Crippen LogP contribution in [0.3, 0.4) is 0 Å². The number of carbonyl (C=O) groups is 1. The van der Waals surface area contributed by atoms with E-state index in [9.17, 15) is 20.0 Å². The lowest BCUT2D eigenvalue weighted by Crippen LogP contribution is -2.21. The normalized spacial score (nSPS) is 14.9. The van der Waals surface area contributed by atoms with Crippen LogP contribution in [0.2, 0.25) is 0 Å². The number of nitro benzene ring substituents is 1. The largest absolute Gasteiger partial charge is 0.507 e. The number of hydrogen-bond acceptors (Lipinski definition) is 6. The fourth-order valence-electron chi connectivity index (χ4n) is 3.27. The SMILES string of the molecule is CC1=NN(c2ccc(C)c(C)c2)C(=O)/C1=C/c1ccc(-c2cc([N+](=O)[O-])ccc2O)o1. The maximum atomic E-state index is 13.0. The number of nitrogens with zero attached hydrogens (tertiary/aromatic N) is 3. The van der Waals surface area contributed by atoms with E-state index in [2.05, 4.69) is 5.10 Å². The average Bonchev–Trinajstić information content (AvgIpc) is 3.30. The van der Waals surface area contributed by atoms with Crippen LogP contribution in [0.5, 0.6) is 5.75 Å². The number of aromatic hydroxyl groups is 1. The highest BCUT2D eigenvalue weighted by Gasteiger charge is 2.29. The van der Waals surface area contributed by atoms with Gasteiger partial charge in [0.05, 0.1) is 27.5 Å². The number of carbonyl (C=O) groups excluding carboxylic acids is 1. The molecule has 8 nitrogen and oxygen atoms in total. The Labute approximate surface area is 177 Å². The number of rotatable bonds is 4. The van der Waals surface area contributed by atoms with Crippen molar-refractivity contribution < 1.29 is 19.2 Å². The Morgan fingerprint density at radius 1 is 1.06 bits per heavy atom. The van der Waals surface area contributed by atoms with Crippen LogP contribution in [0, 0.1) is 24.0 Å². The van der Waals surface area contributed by atoms with E-state index in [-0.39, 0.29) is 28.7 Å². The Balaban J connectivity index is 1.65. The van der Waals surface area contributed by atoms with Crippen LogP contribution in [0.4, 0.5) is 11.4 Å². The summed E-state index contributed by atoms with van der Waals surface area (Å²) in [5.74, 6) is 0.187. The number of phenolic OH excluding ortho intramolecular Hbond substituents is 1. The summed E-state index contributed by atoms with van der Waals surface area (Å²) >= 11 is 0. The number of benzene rings is 2. The standard InChI is InChI=1S/C23H19N3O5/c1-13-4-5-16(10-14(13)2)25-23(28)19(15(3)24-25)12-18-7-9-22(31-18)20-11-17(26(29)30)6-8-21(20)27/h4-12,27H,1-3H3/b19-12+. The summed E-state index contributed by atoms with van der Waals surface area (Å²) in [6, 6.07) is 12.6. The molecule has 0 bridgehead atoms. The van der Waals surface area contributed by atoms with Gasteiger partial charge in [0.25, 0.3) is 11.6 Å². The first-order chi connectivity index (χ1) is 14.7. The van der Waals surface area contributed by atoms with E-state index >= 15 is 0 Å². The van der Waals surface area contributed by atoms with Crippen LogP contribution in [0.15, 0.2) is 63.6 Å². The number of hydrogen-bond donors (Lipinski definition) is 1. The predicted molar refractivity (Wildman–Crippen MR) is 117 cm³/mol. The fourth-order valence-corrected chi connectivity index (χ4v) is 3.27. The summed E-state index contributed by atoms with van der Waals surface area (Å²) < 4.78 is 5.73. The van der Waals surface area contributed by atoms with Crippen LogP contribution in [-0.4, -0.2) is 21.6 Å². The maximum Gasteiger partial charge on any atom is 0.280 e. The van der Waals surface area contributed by atoms with Crippen molar-refractivity contribution in [1.82, 2.24) is 0 Å². The maximum absolute atomic E-state index is 13.0. The molecule has 0 saturated heterocycles. The Hall–Kier alpha value is -4.20. The molecule has 31 heavy (non-hydrogen) atoms. The van der Waals surface area contributed by atoms with E-state index in [1.165, 1.54) is 23.2 Å². The molecular weight excluding hydrogens is 398 g/mol. The topological polar surface area (TPSA) is 109 Å². The molecule has 0 unspecified atom stereocenters. The number of phenols is 1. The highest BCUT2D eigenvalue weighted by molar-refractivity contribution is 6.32. The molecule has 0 radical (unpaired) electrons. The second-order valence-electron chi connectivity index (χ2n) is 7.29. The van der Waals surface area contributed by atoms with Crippen LogP contribution in [0.1, 0.15) is 23.8 Å². The van der Waals surface area contributed by atoms with E-state index < -0.39 is 4.92 Å². The molecule has 4 rings (SSSR count). The first-order valence-corrected chi connectivity index (χ1v) is 9.51. The third-order valence-electron chi connectivity index (χ3n) is 5.17. The van der Waals surface area contributed by atoms with Crippen molar-refractivity contribution in [2.24, 2.45) is 5.10 Å². The molecule has 0 aliphatic carbocycles. The zero-order chi connectivity index (χ0) is 22.3. The smallest absolute Gasteiger partial charge is 0.280 e. The summed E-state index contributed by atoms with van der Waals surface area (Å²) in [4.78, 5) is 23.4. The molecule has 0 spiro atoms. The number of nitro groups is 1. The molecule has 0 saturated carbocycles. The highest BCUT2D eigenvalue weighted by Crippen LogP contribution is 2.34. The average molecular weight is 417 g/mol. The number of furan rings is 1. The molecule has 1 amide bonds. The lowest BCUT2D eigenvalue weighted by Gasteiger charge is -2.13. The van der Waals surface area contributed by atoms with Crippen molar-refractivity contribution in [1.29, 1.82) is 0 Å². The van der Waals surface area contributed by atoms with Crippen molar-refractivity contribution in [3.63, 3.8) is 0 Å². The Kier molecular flexibility index (Phi) is 4.90. The minimum atomic E-state index is -0.548. The fraction of sp³-hybridized carbons (Fsp3) is 0.130. The number of non-ortho nitro benzene ring substituents is 1. The molecule has 8 heteroatoms. The minimum Gasteiger partial charge on any atom is -0.507 e. The van der Waals surface area contributed by atoms with Gasteiger partial charge in [0.15, 0.2) is 0 Å². The lowest BCUT2D eigenvalue weighted by molar-refractivity contribution is -0.384. The summed E-state index contributed by atoms with van der Waals surface area (Å²) in [5.41, 5.74) is 3.81. The molecular formula is C23H19N3O5. The summed E-state index contributed by atoms with van der Waals surface area (Å²) in [6.07, 6.45) is 1.57. The summed E-state index contributed by atoms with van der Waals surface area (Å²) in [6.45, 7) is 5.71. The Bertz CT molecular complexity index is 1290. The monoisotopic (exact) mass is 417 g/mol. The lowest BCUT2D eigenvalue weighted by atomic mass is 10.1. The third kappa shape index (κ3) is 3.71. The molecule has 156 valence electrons. The second kappa shape index (κ2) is 7.56. The zero-order valence-electron chi connectivity index (χ0n) is 17.1. The Morgan fingerprint density at radius 3 is 2.55 bits per heavy atom. The molecule has 1 aromatic heterocycles. The number of aryl methyl sites for hydroxylation is 2. The van der Waals surface area contributed by atoms with Gasteiger partial charge in [-0.25, -0.2) is 0 Å².